The first kappa shape index (κ1) is 16.3. The molecule has 0 radical (unpaired) electrons. The predicted molar refractivity (Wildman–Crippen MR) is 90.6 cm³/mol. The second-order valence-corrected chi connectivity index (χ2v) is 8.72. The smallest absolute Gasteiger partial charge is 0.243 e. The van der Waals surface area contributed by atoms with Crippen LogP contribution < -0.4 is 9.62 Å². The van der Waals surface area contributed by atoms with Crippen molar-refractivity contribution in [3.63, 3.8) is 0 Å². The number of hydrogen-bond donors (Lipinski definition) is 1. The van der Waals surface area contributed by atoms with Crippen molar-refractivity contribution in [2.24, 2.45) is 11.8 Å². The highest BCUT2D eigenvalue weighted by molar-refractivity contribution is 7.92. The van der Waals surface area contributed by atoms with Crippen LogP contribution in [0, 0.1) is 11.8 Å². The third-order valence-electron chi connectivity index (χ3n) is 5.16. The lowest BCUT2D eigenvalue weighted by molar-refractivity contribution is -0.122. The van der Waals surface area contributed by atoms with E-state index in [1.807, 2.05) is 6.07 Å². The Labute approximate surface area is 138 Å². The van der Waals surface area contributed by atoms with Crippen molar-refractivity contribution in [3.05, 3.63) is 30.3 Å². The number of nitrogens with zero attached hydrogens (tertiary/aromatic N) is 1. The van der Waals surface area contributed by atoms with Crippen LogP contribution in [0.2, 0.25) is 0 Å². The minimum absolute atomic E-state index is 0.209. The van der Waals surface area contributed by atoms with Gasteiger partial charge in [0.2, 0.25) is 15.9 Å². The van der Waals surface area contributed by atoms with Gasteiger partial charge in [-0.25, -0.2) is 8.42 Å². The highest BCUT2D eigenvalue weighted by Crippen LogP contribution is 2.44. The molecule has 2 fully saturated rings. The van der Waals surface area contributed by atoms with Gasteiger partial charge in [0.25, 0.3) is 0 Å². The molecule has 3 rings (SSSR count). The second kappa shape index (κ2) is 6.15. The number of sulfonamides is 1. The molecule has 1 aromatic rings. The van der Waals surface area contributed by atoms with Crippen LogP contribution in [-0.4, -0.2) is 32.7 Å². The van der Waals surface area contributed by atoms with Crippen molar-refractivity contribution in [3.8, 4) is 0 Å². The lowest BCUT2D eigenvalue weighted by Gasteiger charge is -2.30. The quantitative estimate of drug-likeness (QED) is 0.896. The molecule has 0 aromatic heterocycles. The van der Waals surface area contributed by atoms with E-state index in [9.17, 15) is 13.2 Å². The maximum atomic E-state index is 12.6. The molecule has 0 aliphatic heterocycles. The number of anilines is 1. The van der Waals surface area contributed by atoms with Crippen LogP contribution in [0.15, 0.2) is 30.3 Å². The minimum atomic E-state index is -3.53. The molecule has 1 amide bonds. The zero-order valence-corrected chi connectivity index (χ0v) is 14.4. The Hall–Kier alpha value is -1.56. The van der Waals surface area contributed by atoms with Crippen molar-refractivity contribution in [2.75, 3.05) is 10.6 Å². The molecule has 5 nitrogen and oxygen atoms in total. The second-order valence-electron chi connectivity index (χ2n) is 6.86. The Balaban J connectivity index is 1.75. The molecule has 0 spiro atoms. The molecule has 1 aromatic carbocycles. The van der Waals surface area contributed by atoms with E-state index in [4.69, 9.17) is 0 Å². The Morgan fingerprint density at radius 2 is 1.91 bits per heavy atom. The fourth-order valence-electron chi connectivity index (χ4n) is 4.11. The average molecular weight is 336 g/mol. The molecule has 6 heteroatoms. The number of carbonyl (C=O) groups excluding carboxylic acids is 1. The highest BCUT2D eigenvalue weighted by Gasteiger charge is 2.41. The fourth-order valence-corrected chi connectivity index (χ4v) is 5.28. The molecule has 23 heavy (non-hydrogen) atoms. The summed E-state index contributed by atoms with van der Waals surface area (Å²) in [6.45, 7) is 1.65. The Bertz CT molecular complexity index is 674. The van der Waals surface area contributed by atoms with Crippen LogP contribution in [0.3, 0.4) is 0 Å². The summed E-state index contributed by atoms with van der Waals surface area (Å²) in [6.07, 6.45) is 5.83. The summed E-state index contributed by atoms with van der Waals surface area (Å²) in [4.78, 5) is 12.6. The summed E-state index contributed by atoms with van der Waals surface area (Å²) in [5.41, 5.74) is 0.519. The van der Waals surface area contributed by atoms with Gasteiger partial charge >= 0.3 is 0 Å². The number of benzene rings is 1. The zero-order valence-electron chi connectivity index (χ0n) is 13.6. The van der Waals surface area contributed by atoms with E-state index in [1.165, 1.54) is 23.6 Å². The number of amides is 1. The number of nitrogens with one attached hydrogen (secondary N) is 1. The molecule has 2 aliphatic carbocycles. The maximum absolute atomic E-state index is 12.6. The van der Waals surface area contributed by atoms with Crippen molar-refractivity contribution in [1.29, 1.82) is 0 Å². The topological polar surface area (TPSA) is 66.5 Å². The standard InChI is InChI=1S/C17H24N2O3S/c1-12(17(20)18-16-11-13-8-9-14(16)10-13)19(23(2,21)22)15-6-4-3-5-7-15/h3-7,12-14,16H,8-11H2,1-2H3,(H,18,20)/t12-,13-,14-,16-/m1/s1. The lowest BCUT2D eigenvalue weighted by Crippen LogP contribution is -2.51. The lowest BCUT2D eigenvalue weighted by atomic mass is 9.95. The van der Waals surface area contributed by atoms with Crippen LogP contribution in [0.4, 0.5) is 5.69 Å². The van der Waals surface area contributed by atoms with Crippen LogP contribution in [-0.2, 0) is 14.8 Å². The number of hydrogen-bond acceptors (Lipinski definition) is 3. The first-order valence-electron chi connectivity index (χ1n) is 8.21. The van der Waals surface area contributed by atoms with Crippen molar-refractivity contribution < 1.29 is 13.2 Å². The molecule has 1 N–H and O–H groups in total. The van der Waals surface area contributed by atoms with Gasteiger partial charge in [-0.15, -0.1) is 0 Å². The maximum Gasteiger partial charge on any atom is 0.243 e. The first-order valence-corrected chi connectivity index (χ1v) is 10.1. The van der Waals surface area contributed by atoms with Gasteiger partial charge in [-0.05, 0) is 50.2 Å². The Morgan fingerprint density at radius 3 is 2.43 bits per heavy atom. The van der Waals surface area contributed by atoms with Gasteiger partial charge in [-0.1, -0.05) is 24.6 Å². The van der Waals surface area contributed by atoms with E-state index in [1.54, 1.807) is 31.2 Å². The summed E-state index contributed by atoms with van der Waals surface area (Å²) in [6, 6.07) is 8.24. The number of rotatable bonds is 5. The van der Waals surface area contributed by atoms with Gasteiger partial charge < -0.3 is 5.32 Å². The van der Waals surface area contributed by atoms with Crippen molar-refractivity contribution in [1.82, 2.24) is 5.32 Å². The predicted octanol–water partition coefficient (Wildman–Crippen LogP) is 2.15. The molecule has 2 bridgehead atoms. The van der Waals surface area contributed by atoms with Gasteiger partial charge in [0, 0.05) is 6.04 Å². The molecular formula is C17H24N2O3S. The van der Waals surface area contributed by atoms with E-state index in [2.05, 4.69) is 5.32 Å². The molecule has 126 valence electrons. The van der Waals surface area contributed by atoms with Crippen LogP contribution >= 0.6 is 0 Å². The molecular weight excluding hydrogens is 312 g/mol. The summed E-state index contributed by atoms with van der Waals surface area (Å²) in [7, 11) is -3.53. The zero-order chi connectivity index (χ0) is 16.6. The van der Waals surface area contributed by atoms with Crippen LogP contribution in [0.1, 0.15) is 32.6 Å². The Kier molecular flexibility index (Phi) is 4.36. The van der Waals surface area contributed by atoms with Gasteiger partial charge in [-0.2, -0.15) is 0 Å². The van der Waals surface area contributed by atoms with Gasteiger partial charge in [0.05, 0.1) is 11.9 Å². The van der Waals surface area contributed by atoms with E-state index in [0.29, 0.717) is 11.6 Å². The summed E-state index contributed by atoms with van der Waals surface area (Å²) < 4.78 is 25.6. The SMILES string of the molecule is C[C@H](C(=O)N[C@@H]1C[C@@H]2CC[C@@H]1C2)N(c1ccccc1)S(C)(=O)=O. The summed E-state index contributed by atoms with van der Waals surface area (Å²) in [5, 5.41) is 3.09. The third-order valence-corrected chi connectivity index (χ3v) is 6.41. The summed E-state index contributed by atoms with van der Waals surface area (Å²) >= 11 is 0. The molecule has 0 heterocycles. The fraction of sp³-hybridized carbons (Fsp3) is 0.588. The van der Waals surface area contributed by atoms with E-state index < -0.39 is 16.1 Å². The number of para-hydroxylation sites is 1. The van der Waals surface area contributed by atoms with E-state index in [-0.39, 0.29) is 11.9 Å². The molecule has 2 saturated carbocycles. The monoisotopic (exact) mass is 336 g/mol. The van der Waals surface area contributed by atoms with Crippen molar-refractivity contribution >= 4 is 21.6 Å². The molecule has 0 saturated heterocycles. The van der Waals surface area contributed by atoms with Gasteiger partial charge in [0.15, 0.2) is 0 Å². The Morgan fingerprint density at radius 1 is 1.22 bits per heavy atom. The molecule has 0 unspecified atom stereocenters. The van der Waals surface area contributed by atoms with Crippen LogP contribution in [0.25, 0.3) is 0 Å². The first-order chi connectivity index (χ1) is 10.9. The third kappa shape index (κ3) is 3.37. The van der Waals surface area contributed by atoms with E-state index >= 15 is 0 Å². The average Bonchev–Trinajstić information content (AvgIpc) is 3.09. The van der Waals surface area contributed by atoms with Gasteiger partial charge in [-0.3, -0.25) is 9.10 Å². The minimum Gasteiger partial charge on any atom is -0.351 e. The number of fused-ring (bicyclic) bond motifs is 2. The van der Waals surface area contributed by atoms with Crippen LogP contribution in [0.5, 0.6) is 0 Å². The highest BCUT2D eigenvalue weighted by atomic mass is 32.2. The van der Waals surface area contributed by atoms with Gasteiger partial charge in [0.1, 0.15) is 6.04 Å². The summed E-state index contributed by atoms with van der Waals surface area (Å²) in [5.74, 6) is 1.09. The van der Waals surface area contributed by atoms with E-state index in [0.717, 1.165) is 18.6 Å². The largest absolute Gasteiger partial charge is 0.351 e. The van der Waals surface area contributed by atoms with Crippen molar-refractivity contribution in [2.45, 2.75) is 44.7 Å². The normalized spacial score (nSPS) is 27.7. The number of carbonyl (C=O) groups is 1. The molecule has 4 atom stereocenters. The molecule has 2 aliphatic rings.